The summed E-state index contributed by atoms with van der Waals surface area (Å²) < 4.78 is 23.4. The minimum absolute atomic E-state index is 0.0336. The van der Waals surface area contributed by atoms with E-state index in [2.05, 4.69) is 56.9 Å². The molecule has 0 aliphatic heterocycles. The number of hydrogen-bond acceptors (Lipinski definition) is 8. The number of carbonyl (C=O) groups excluding carboxylic acids is 2. The summed E-state index contributed by atoms with van der Waals surface area (Å²) in [6.45, 7) is 13.9. The number of carbonyl (C=O) groups is 2. The fraction of sp³-hybridized carbons (Fsp3) is 0.880. The van der Waals surface area contributed by atoms with Gasteiger partial charge in [0, 0.05) is 26.2 Å². The molecule has 0 rings (SSSR count). The number of allylic oxidation sites excluding steroid dienone is 4. The molecule has 8 heteroatoms. The van der Waals surface area contributed by atoms with Crippen LogP contribution in [0.4, 0.5) is 0 Å². The summed E-state index contributed by atoms with van der Waals surface area (Å²) in [7, 11) is 0. The Morgan fingerprint density at radius 3 is 1.50 bits per heavy atom. The van der Waals surface area contributed by atoms with Gasteiger partial charge < -0.3 is 29.0 Å². The Hall–Kier alpha value is -1.74. The van der Waals surface area contributed by atoms with Crippen LogP contribution in [-0.4, -0.2) is 80.9 Å². The predicted molar refractivity (Wildman–Crippen MR) is 244 cm³/mol. The maximum absolute atomic E-state index is 12.9. The molecule has 0 aliphatic rings. The van der Waals surface area contributed by atoms with E-state index in [1.54, 1.807) is 0 Å². The van der Waals surface area contributed by atoms with Gasteiger partial charge in [-0.2, -0.15) is 0 Å². The van der Waals surface area contributed by atoms with Crippen molar-refractivity contribution in [3.63, 3.8) is 0 Å². The van der Waals surface area contributed by atoms with E-state index in [0.717, 1.165) is 142 Å². The number of ether oxygens (including phenoxy) is 4. The zero-order valence-electron chi connectivity index (χ0n) is 38.7. The van der Waals surface area contributed by atoms with E-state index < -0.39 is 0 Å². The van der Waals surface area contributed by atoms with Gasteiger partial charge >= 0.3 is 11.9 Å². The first-order valence-electron chi connectivity index (χ1n) is 24.7. The average molecular weight is 822 g/mol. The zero-order chi connectivity index (χ0) is 42.4. The molecule has 0 spiro atoms. The van der Waals surface area contributed by atoms with Crippen LogP contribution in [0.1, 0.15) is 220 Å². The Bertz CT molecular complexity index is 902. The number of hydrogen-bond donors (Lipinski definition) is 1. The van der Waals surface area contributed by atoms with E-state index in [9.17, 15) is 14.7 Å². The quantitative estimate of drug-likeness (QED) is 0.0281. The largest absolute Gasteiger partial charge is 0.466 e. The molecule has 58 heavy (non-hydrogen) atoms. The molecule has 1 unspecified atom stereocenters. The highest BCUT2D eigenvalue weighted by Gasteiger charge is 2.19. The molecule has 8 nitrogen and oxygen atoms in total. The van der Waals surface area contributed by atoms with Crippen LogP contribution in [0.3, 0.4) is 0 Å². The predicted octanol–water partition coefficient (Wildman–Crippen LogP) is 13.2. The SMILES string of the molecule is CC/C=C\CCCCOC(CCC(=O)OCCCCCCN(CCO)CCCCCCOC(=O)C(CCCCCC)CCCCCCCC)OCCCC/C=C\CC. The van der Waals surface area contributed by atoms with Gasteiger partial charge in [-0.05, 0) is 103 Å². The lowest BCUT2D eigenvalue weighted by atomic mass is 9.94. The number of nitrogens with zero attached hydrogens (tertiary/aromatic N) is 1. The van der Waals surface area contributed by atoms with Gasteiger partial charge in [-0.1, -0.05) is 142 Å². The van der Waals surface area contributed by atoms with Crippen LogP contribution in [0.2, 0.25) is 0 Å². The lowest BCUT2D eigenvalue weighted by molar-refractivity contribution is -0.159. The van der Waals surface area contributed by atoms with Gasteiger partial charge in [0.05, 0.1) is 32.2 Å². The van der Waals surface area contributed by atoms with Crippen molar-refractivity contribution in [2.75, 3.05) is 52.7 Å². The number of rotatable bonds is 46. The molecule has 0 amide bonds. The Morgan fingerprint density at radius 2 is 0.966 bits per heavy atom. The summed E-state index contributed by atoms with van der Waals surface area (Å²) in [6.07, 6.45) is 40.3. The van der Waals surface area contributed by atoms with Crippen molar-refractivity contribution in [2.24, 2.45) is 5.92 Å². The zero-order valence-corrected chi connectivity index (χ0v) is 38.7. The first-order chi connectivity index (χ1) is 28.5. The Balaban J connectivity index is 4.22. The molecule has 1 N–H and O–H groups in total. The molecule has 1 atom stereocenters. The van der Waals surface area contributed by atoms with E-state index in [0.29, 0.717) is 45.8 Å². The normalized spacial score (nSPS) is 12.5. The summed E-state index contributed by atoms with van der Waals surface area (Å²) in [5, 5.41) is 9.61. The summed E-state index contributed by atoms with van der Waals surface area (Å²) in [6, 6.07) is 0. The van der Waals surface area contributed by atoms with E-state index in [1.807, 2.05) is 0 Å². The monoisotopic (exact) mass is 822 g/mol. The third-order valence-electron chi connectivity index (χ3n) is 10.8. The molecule has 0 fully saturated rings. The van der Waals surface area contributed by atoms with E-state index >= 15 is 0 Å². The van der Waals surface area contributed by atoms with E-state index in [4.69, 9.17) is 18.9 Å². The first-order valence-corrected chi connectivity index (χ1v) is 24.7. The molecular weight excluding hydrogens is 727 g/mol. The second-order valence-electron chi connectivity index (χ2n) is 16.3. The van der Waals surface area contributed by atoms with Gasteiger partial charge in [0.1, 0.15) is 0 Å². The van der Waals surface area contributed by atoms with Crippen molar-refractivity contribution in [3.8, 4) is 0 Å². The smallest absolute Gasteiger partial charge is 0.308 e. The second-order valence-corrected chi connectivity index (χ2v) is 16.3. The van der Waals surface area contributed by atoms with Gasteiger partial charge in [-0.25, -0.2) is 0 Å². The Labute approximate surface area is 359 Å². The Kier molecular flexibility index (Phi) is 44.9. The molecule has 0 radical (unpaired) electrons. The van der Waals surface area contributed by atoms with Gasteiger partial charge in [-0.15, -0.1) is 0 Å². The highest BCUT2D eigenvalue weighted by molar-refractivity contribution is 5.72. The number of aliphatic hydroxyl groups excluding tert-OH is 1. The second kappa shape index (κ2) is 46.3. The lowest BCUT2D eigenvalue weighted by Gasteiger charge is -2.21. The van der Waals surface area contributed by atoms with Crippen molar-refractivity contribution in [3.05, 3.63) is 24.3 Å². The number of esters is 2. The lowest BCUT2D eigenvalue weighted by Crippen LogP contribution is -2.29. The third kappa shape index (κ3) is 39.7. The summed E-state index contributed by atoms with van der Waals surface area (Å²) in [5.41, 5.74) is 0. The fourth-order valence-electron chi connectivity index (χ4n) is 7.15. The molecular formula is C50H95NO7. The maximum Gasteiger partial charge on any atom is 0.308 e. The van der Waals surface area contributed by atoms with Crippen LogP contribution in [0.5, 0.6) is 0 Å². The van der Waals surface area contributed by atoms with E-state index in [1.165, 1.54) is 51.4 Å². The molecule has 0 aromatic heterocycles. The standard InChI is InChI=1S/C50H95NO7/c1-5-9-13-17-20-28-36-47(35-27-16-12-8-4)50(54)58-46-34-26-22-30-40-51(41-42-52)39-29-21-25-31-43-55-48(53)37-38-49(56-44-32-23-18-14-10-6-2)57-45-33-24-19-15-11-7-3/h10-11,14-15,47,49,52H,5-9,12-13,16-46H2,1-4H3/b14-10-,15-11-. The van der Waals surface area contributed by atoms with Gasteiger partial charge in [0.2, 0.25) is 0 Å². The van der Waals surface area contributed by atoms with Crippen LogP contribution in [-0.2, 0) is 28.5 Å². The van der Waals surface area contributed by atoms with Crippen LogP contribution in [0.25, 0.3) is 0 Å². The maximum atomic E-state index is 12.9. The van der Waals surface area contributed by atoms with Gasteiger partial charge in [0.25, 0.3) is 0 Å². The highest BCUT2D eigenvalue weighted by atomic mass is 16.7. The molecule has 0 aromatic carbocycles. The van der Waals surface area contributed by atoms with Crippen LogP contribution >= 0.6 is 0 Å². The van der Waals surface area contributed by atoms with Crippen molar-refractivity contribution in [2.45, 2.75) is 227 Å². The van der Waals surface area contributed by atoms with Crippen LogP contribution in [0.15, 0.2) is 24.3 Å². The summed E-state index contributed by atoms with van der Waals surface area (Å²) in [4.78, 5) is 27.8. The third-order valence-corrected chi connectivity index (χ3v) is 10.8. The minimum Gasteiger partial charge on any atom is -0.466 e. The molecule has 0 bridgehead atoms. The summed E-state index contributed by atoms with van der Waals surface area (Å²) in [5.74, 6) is -0.0689. The van der Waals surface area contributed by atoms with Crippen molar-refractivity contribution in [1.82, 2.24) is 4.90 Å². The molecule has 342 valence electrons. The molecule has 0 aliphatic carbocycles. The van der Waals surface area contributed by atoms with E-state index in [-0.39, 0.29) is 30.8 Å². The molecule has 0 heterocycles. The molecule has 0 saturated carbocycles. The topological polar surface area (TPSA) is 94.5 Å². The van der Waals surface area contributed by atoms with Crippen molar-refractivity contribution >= 4 is 11.9 Å². The first kappa shape index (κ1) is 56.3. The highest BCUT2D eigenvalue weighted by Crippen LogP contribution is 2.21. The Morgan fingerprint density at radius 1 is 0.500 bits per heavy atom. The molecule has 0 aromatic rings. The summed E-state index contributed by atoms with van der Waals surface area (Å²) >= 11 is 0. The van der Waals surface area contributed by atoms with Gasteiger partial charge in [0.15, 0.2) is 6.29 Å². The van der Waals surface area contributed by atoms with Crippen LogP contribution in [0, 0.1) is 5.92 Å². The number of unbranched alkanes of at least 4 members (excludes halogenated alkanes) is 18. The minimum atomic E-state index is -0.362. The van der Waals surface area contributed by atoms with Crippen molar-refractivity contribution < 1.29 is 33.6 Å². The van der Waals surface area contributed by atoms with Gasteiger partial charge in [-0.3, -0.25) is 9.59 Å². The fourth-order valence-corrected chi connectivity index (χ4v) is 7.15. The average Bonchev–Trinajstić information content (AvgIpc) is 3.22. The van der Waals surface area contributed by atoms with Crippen molar-refractivity contribution in [1.29, 1.82) is 0 Å². The molecule has 0 saturated heterocycles. The van der Waals surface area contributed by atoms with Crippen LogP contribution < -0.4 is 0 Å². The number of aliphatic hydroxyl groups is 1.